The van der Waals surface area contributed by atoms with Crippen LogP contribution in [0.5, 0.6) is 5.75 Å². The van der Waals surface area contributed by atoms with Gasteiger partial charge >= 0.3 is 11.9 Å². The number of rotatable bonds is 9. The van der Waals surface area contributed by atoms with Crippen molar-refractivity contribution >= 4 is 11.9 Å². The highest BCUT2D eigenvalue weighted by Crippen LogP contribution is 2.44. The van der Waals surface area contributed by atoms with Gasteiger partial charge in [-0.3, -0.25) is 4.79 Å². The third-order valence-corrected chi connectivity index (χ3v) is 7.94. The number of carbonyl (C=O) groups is 2. The van der Waals surface area contributed by atoms with E-state index in [1.54, 1.807) is 0 Å². The van der Waals surface area contributed by atoms with Gasteiger partial charge in [-0.25, -0.2) is 4.79 Å². The Bertz CT molecular complexity index is 998. The minimum absolute atomic E-state index is 0.0495. The number of allylic oxidation sites excluding steroid dienone is 2. The maximum absolute atomic E-state index is 13.3. The Labute approximate surface area is 219 Å². The Morgan fingerprint density at radius 2 is 1.89 bits per heavy atom. The van der Waals surface area contributed by atoms with Crippen LogP contribution in [0.1, 0.15) is 64.9 Å². The van der Waals surface area contributed by atoms with Gasteiger partial charge in [0.25, 0.3) is 0 Å². The number of aliphatic hydroxyl groups is 2. The molecule has 0 radical (unpaired) electrons. The molecule has 0 spiro atoms. The maximum Gasteiger partial charge on any atom is 0.347 e. The molecule has 0 saturated carbocycles. The third-order valence-electron chi connectivity index (χ3n) is 7.94. The highest BCUT2D eigenvalue weighted by molar-refractivity contribution is 5.75. The molecule has 1 heterocycles. The molecule has 7 heteroatoms. The van der Waals surface area contributed by atoms with Gasteiger partial charge in [-0.05, 0) is 60.8 Å². The van der Waals surface area contributed by atoms with Crippen LogP contribution in [-0.4, -0.2) is 52.7 Å². The predicted molar refractivity (Wildman–Crippen MR) is 139 cm³/mol. The lowest BCUT2D eigenvalue weighted by Gasteiger charge is -2.43. The zero-order valence-electron chi connectivity index (χ0n) is 22.0. The number of ether oxygens (including phenoxy) is 3. The highest BCUT2D eigenvalue weighted by Gasteiger charge is 2.43. The first-order chi connectivity index (χ1) is 17.8. The summed E-state index contributed by atoms with van der Waals surface area (Å²) in [4.78, 5) is 25.1. The van der Waals surface area contributed by atoms with Crippen molar-refractivity contribution in [2.75, 3.05) is 0 Å². The molecule has 0 bridgehead atoms. The van der Waals surface area contributed by atoms with Crippen LogP contribution >= 0.6 is 0 Å². The molecule has 1 fully saturated rings. The number of hydrogen-bond donors (Lipinski definition) is 2. The van der Waals surface area contributed by atoms with Crippen molar-refractivity contribution in [1.82, 2.24) is 0 Å². The monoisotopic (exact) mass is 512 g/mol. The van der Waals surface area contributed by atoms with Crippen LogP contribution < -0.4 is 4.74 Å². The summed E-state index contributed by atoms with van der Waals surface area (Å²) in [6.07, 6.45) is 6.73. The average Bonchev–Trinajstić information content (AvgIpc) is 2.86. The van der Waals surface area contributed by atoms with Crippen LogP contribution in [0.25, 0.3) is 0 Å². The zero-order chi connectivity index (χ0) is 26.5. The number of cyclic esters (lactones) is 1. The molecule has 2 N–H and O–H groups in total. The molecule has 37 heavy (non-hydrogen) atoms. The number of fused-ring (bicyclic) bond motifs is 1. The molecular weight excluding hydrogens is 472 g/mol. The summed E-state index contributed by atoms with van der Waals surface area (Å²) >= 11 is 0. The summed E-state index contributed by atoms with van der Waals surface area (Å²) in [5.74, 6) is 0.133. The molecule has 7 nitrogen and oxygen atoms in total. The standard InChI is InChI=1S/C30H40O7/c1-4-19-7-10-23(11-8-19)35-26(5-2)30(34)37-27-16-21(31)14-20-9-6-18(3)25(29(20)27)13-12-24-15-22(32)17-28(33)36-24/h6-11,14,18,21-22,24-27,29,31-32H,4-5,12-13,15-17H2,1-3H3/t18-,21+,22+,24+,25-,26?,27-,29-/m0/s1. The van der Waals surface area contributed by atoms with Crippen molar-refractivity contribution in [3.8, 4) is 5.75 Å². The van der Waals surface area contributed by atoms with Crippen LogP contribution in [0.2, 0.25) is 0 Å². The summed E-state index contributed by atoms with van der Waals surface area (Å²) < 4.78 is 17.5. The fourth-order valence-corrected chi connectivity index (χ4v) is 5.89. The number of aliphatic hydroxyl groups excluding tert-OH is 2. The number of carbonyl (C=O) groups excluding carboxylic acids is 2. The van der Waals surface area contributed by atoms with Crippen LogP contribution in [0.4, 0.5) is 0 Å². The second-order valence-electron chi connectivity index (χ2n) is 10.6. The molecule has 1 aromatic rings. The molecular formula is C30H40O7. The molecule has 0 aromatic heterocycles. The van der Waals surface area contributed by atoms with Gasteiger partial charge in [0.05, 0.1) is 18.6 Å². The first kappa shape index (κ1) is 27.4. The molecule has 4 rings (SSSR count). The number of benzene rings is 1. The van der Waals surface area contributed by atoms with Crippen LogP contribution in [0, 0.1) is 17.8 Å². The molecule has 1 unspecified atom stereocenters. The SMILES string of the molecule is CCc1ccc(OC(CC)C(=O)O[C@H]2C[C@H](O)C=C3C=C[C@H](C)[C@H](CC[C@@H]4C[C@@H](O)CC(=O)O4)[C@H]32)cc1. The minimum atomic E-state index is -0.739. The molecule has 1 aliphatic heterocycles. The lowest BCUT2D eigenvalue weighted by Crippen LogP contribution is -2.44. The van der Waals surface area contributed by atoms with E-state index in [0.717, 1.165) is 18.4 Å². The van der Waals surface area contributed by atoms with Crippen LogP contribution in [0.3, 0.4) is 0 Å². The zero-order valence-corrected chi connectivity index (χ0v) is 22.0. The molecule has 8 atom stereocenters. The van der Waals surface area contributed by atoms with E-state index in [1.165, 1.54) is 5.56 Å². The summed E-state index contributed by atoms with van der Waals surface area (Å²) in [5.41, 5.74) is 2.17. The van der Waals surface area contributed by atoms with E-state index in [4.69, 9.17) is 14.2 Å². The summed E-state index contributed by atoms with van der Waals surface area (Å²) in [5, 5.41) is 20.5. The Morgan fingerprint density at radius 3 is 2.57 bits per heavy atom. The molecule has 1 saturated heterocycles. The van der Waals surface area contributed by atoms with Crippen molar-refractivity contribution in [1.29, 1.82) is 0 Å². The second kappa shape index (κ2) is 12.3. The van der Waals surface area contributed by atoms with Gasteiger partial charge < -0.3 is 24.4 Å². The van der Waals surface area contributed by atoms with Crippen molar-refractivity contribution in [2.24, 2.45) is 17.8 Å². The van der Waals surface area contributed by atoms with E-state index in [0.29, 0.717) is 31.4 Å². The van der Waals surface area contributed by atoms with E-state index in [2.05, 4.69) is 19.9 Å². The van der Waals surface area contributed by atoms with Gasteiger partial charge in [0.2, 0.25) is 0 Å². The van der Waals surface area contributed by atoms with Gasteiger partial charge in [0.1, 0.15) is 18.0 Å². The Hall–Kier alpha value is -2.64. The first-order valence-electron chi connectivity index (χ1n) is 13.7. The highest BCUT2D eigenvalue weighted by atomic mass is 16.6. The molecule has 2 aliphatic carbocycles. The lowest BCUT2D eigenvalue weighted by atomic mass is 9.66. The third kappa shape index (κ3) is 6.82. The summed E-state index contributed by atoms with van der Waals surface area (Å²) in [6, 6.07) is 7.73. The predicted octanol–water partition coefficient (Wildman–Crippen LogP) is 4.29. The van der Waals surface area contributed by atoms with Crippen molar-refractivity contribution in [2.45, 2.75) is 96.2 Å². The largest absolute Gasteiger partial charge is 0.479 e. The maximum atomic E-state index is 13.3. The Kier molecular flexibility index (Phi) is 9.08. The number of aryl methyl sites for hydroxylation is 1. The molecule has 202 valence electrons. The molecule has 3 aliphatic rings. The quantitative estimate of drug-likeness (QED) is 0.476. The topological polar surface area (TPSA) is 102 Å². The van der Waals surface area contributed by atoms with Crippen LogP contribution in [-0.2, 0) is 25.5 Å². The Morgan fingerprint density at radius 1 is 1.14 bits per heavy atom. The van der Waals surface area contributed by atoms with Gasteiger partial charge in [-0.1, -0.05) is 51.1 Å². The van der Waals surface area contributed by atoms with E-state index in [9.17, 15) is 19.8 Å². The smallest absolute Gasteiger partial charge is 0.347 e. The lowest BCUT2D eigenvalue weighted by molar-refractivity contribution is -0.165. The van der Waals surface area contributed by atoms with Gasteiger partial charge in [0.15, 0.2) is 6.10 Å². The van der Waals surface area contributed by atoms with Crippen LogP contribution in [0.15, 0.2) is 48.1 Å². The van der Waals surface area contributed by atoms with E-state index >= 15 is 0 Å². The number of hydrogen-bond acceptors (Lipinski definition) is 7. The average molecular weight is 513 g/mol. The minimum Gasteiger partial charge on any atom is -0.479 e. The fourth-order valence-electron chi connectivity index (χ4n) is 5.89. The summed E-state index contributed by atoms with van der Waals surface area (Å²) in [6.45, 7) is 6.12. The van der Waals surface area contributed by atoms with Gasteiger partial charge in [-0.2, -0.15) is 0 Å². The Balaban J connectivity index is 1.46. The van der Waals surface area contributed by atoms with E-state index < -0.39 is 30.4 Å². The van der Waals surface area contributed by atoms with Gasteiger partial charge in [-0.15, -0.1) is 0 Å². The fraction of sp³-hybridized carbons (Fsp3) is 0.600. The summed E-state index contributed by atoms with van der Waals surface area (Å²) in [7, 11) is 0. The normalized spacial score (nSPS) is 32.1. The number of esters is 2. The van der Waals surface area contributed by atoms with Gasteiger partial charge in [0, 0.05) is 18.8 Å². The second-order valence-corrected chi connectivity index (χ2v) is 10.6. The van der Waals surface area contributed by atoms with E-state index in [-0.39, 0.29) is 36.2 Å². The molecule has 0 amide bonds. The van der Waals surface area contributed by atoms with Crippen molar-refractivity contribution < 1.29 is 34.0 Å². The van der Waals surface area contributed by atoms with Crippen molar-refractivity contribution in [3.05, 3.63) is 53.6 Å². The van der Waals surface area contributed by atoms with Crippen molar-refractivity contribution in [3.63, 3.8) is 0 Å². The molecule has 1 aromatic carbocycles. The van der Waals surface area contributed by atoms with E-state index in [1.807, 2.05) is 43.3 Å². The first-order valence-corrected chi connectivity index (χ1v) is 13.7.